The number of ketones is 1. The molecule has 0 saturated carbocycles. The molecule has 168 valence electrons. The SMILES string of the molecule is CCCCC1(C)C(C)=C(C)C(C)=C(C)C1(OC(=O)c1ccccc1)C(=O)c1ccccc1. The van der Waals surface area contributed by atoms with Crippen LogP contribution in [-0.4, -0.2) is 17.4 Å². The summed E-state index contributed by atoms with van der Waals surface area (Å²) in [6, 6.07) is 18.2. The Morgan fingerprint density at radius 3 is 1.81 bits per heavy atom. The lowest BCUT2D eigenvalue weighted by molar-refractivity contribution is -0.0427. The Balaban J connectivity index is 2.30. The van der Waals surface area contributed by atoms with Gasteiger partial charge in [0.15, 0.2) is 0 Å². The lowest BCUT2D eigenvalue weighted by Crippen LogP contribution is -2.59. The van der Waals surface area contributed by atoms with Crippen molar-refractivity contribution < 1.29 is 14.3 Å². The third kappa shape index (κ3) is 3.74. The number of hydrogen-bond donors (Lipinski definition) is 0. The van der Waals surface area contributed by atoms with Crippen LogP contribution in [0.15, 0.2) is 83.0 Å². The van der Waals surface area contributed by atoms with Gasteiger partial charge in [-0.25, -0.2) is 4.79 Å². The lowest BCUT2D eigenvalue weighted by Gasteiger charge is -2.52. The number of Topliss-reactive ketones (excluding diaryl/α,β-unsaturated/α-hetero) is 1. The van der Waals surface area contributed by atoms with Crippen LogP contribution in [0.2, 0.25) is 0 Å². The molecule has 2 aromatic rings. The average molecular weight is 431 g/mol. The molecule has 0 heterocycles. The normalized spacial score (nSPS) is 23.3. The highest BCUT2D eigenvalue weighted by molar-refractivity contribution is 6.08. The molecule has 32 heavy (non-hydrogen) atoms. The van der Waals surface area contributed by atoms with Crippen molar-refractivity contribution in [2.24, 2.45) is 5.41 Å². The molecule has 0 aliphatic heterocycles. The van der Waals surface area contributed by atoms with Crippen molar-refractivity contribution in [1.29, 1.82) is 0 Å². The molecule has 3 nitrogen and oxygen atoms in total. The van der Waals surface area contributed by atoms with Gasteiger partial charge in [0.2, 0.25) is 11.4 Å². The molecule has 0 radical (unpaired) electrons. The summed E-state index contributed by atoms with van der Waals surface area (Å²) in [4.78, 5) is 27.8. The van der Waals surface area contributed by atoms with Crippen LogP contribution >= 0.6 is 0 Å². The van der Waals surface area contributed by atoms with Gasteiger partial charge in [-0.05, 0) is 63.0 Å². The van der Waals surface area contributed by atoms with Crippen molar-refractivity contribution in [2.75, 3.05) is 0 Å². The third-order valence-corrected chi connectivity index (χ3v) is 7.46. The molecule has 2 unspecified atom stereocenters. The molecule has 0 amide bonds. The molecule has 3 heteroatoms. The third-order valence-electron chi connectivity index (χ3n) is 7.46. The van der Waals surface area contributed by atoms with Crippen LogP contribution in [0.3, 0.4) is 0 Å². The van der Waals surface area contributed by atoms with E-state index in [4.69, 9.17) is 4.74 Å². The van der Waals surface area contributed by atoms with Crippen molar-refractivity contribution in [3.05, 3.63) is 94.1 Å². The number of allylic oxidation sites excluding steroid dienone is 2. The predicted molar refractivity (Wildman–Crippen MR) is 130 cm³/mol. The first-order chi connectivity index (χ1) is 15.2. The van der Waals surface area contributed by atoms with Crippen LogP contribution in [0, 0.1) is 5.41 Å². The fourth-order valence-corrected chi connectivity index (χ4v) is 5.03. The van der Waals surface area contributed by atoms with E-state index in [1.54, 1.807) is 12.1 Å². The Morgan fingerprint density at radius 1 is 0.781 bits per heavy atom. The molecular formula is C29H34O3. The number of rotatable bonds is 7. The van der Waals surface area contributed by atoms with E-state index in [1.165, 1.54) is 5.57 Å². The number of carbonyl (C=O) groups is 2. The summed E-state index contributed by atoms with van der Waals surface area (Å²) in [7, 11) is 0. The van der Waals surface area contributed by atoms with E-state index in [0.29, 0.717) is 11.1 Å². The predicted octanol–water partition coefficient (Wildman–Crippen LogP) is 7.35. The molecule has 0 N–H and O–H groups in total. The molecule has 2 atom stereocenters. The molecule has 0 fully saturated rings. The Hall–Kier alpha value is -2.94. The number of esters is 1. The number of hydrogen-bond acceptors (Lipinski definition) is 3. The van der Waals surface area contributed by atoms with Crippen molar-refractivity contribution >= 4 is 11.8 Å². The molecule has 1 aliphatic carbocycles. The second kappa shape index (κ2) is 9.28. The van der Waals surface area contributed by atoms with Crippen molar-refractivity contribution in [2.45, 2.75) is 66.4 Å². The molecule has 3 rings (SSSR count). The smallest absolute Gasteiger partial charge is 0.339 e. The minimum Gasteiger partial charge on any atom is -0.441 e. The maximum absolute atomic E-state index is 14.3. The molecular weight excluding hydrogens is 396 g/mol. The molecule has 0 aromatic heterocycles. The molecule has 0 saturated heterocycles. The average Bonchev–Trinajstić information content (AvgIpc) is 2.83. The van der Waals surface area contributed by atoms with Crippen LogP contribution in [0.5, 0.6) is 0 Å². The van der Waals surface area contributed by atoms with E-state index < -0.39 is 17.0 Å². The maximum Gasteiger partial charge on any atom is 0.339 e. The second-order valence-electron chi connectivity index (χ2n) is 9.07. The van der Waals surface area contributed by atoms with Gasteiger partial charge in [-0.1, -0.05) is 80.8 Å². The van der Waals surface area contributed by atoms with Gasteiger partial charge >= 0.3 is 5.97 Å². The Kier molecular flexibility index (Phi) is 6.88. The number of unbranched alkanes of at least 4 members (excludes halogenated alkanes) is 1. The Morgan fingerprint density at radius 2 is 1.28 bits per heavy atom. The summed E-state index contributed by atoms with van der Waals surface area (Å²) < 4.78 is 6.41. The summed E-state index contributed by atoms with van der Waals surface area (Å²) in [6.45, 7) is 12.4. The fraction of sp³-hybridized carbons (Fsp3) is 0.379. The van der Waals surface area contributed by atoms with Crippen LogP contribution in [0.1, 0.15) is 81.5 Å². The summed E-state index contributed by atoms with van der Waals surface area (Å²) >= 11 is 0. The molecule has 0 bridgehead atoms. The zero-order valence-electron chi connectivity index (χ0n) is 20.1. The second-order valence-corrected chi connectivity index (χ2v) is 9.07. The van der Waals surface area contributed by atoms with Gasteiger partial charge in [-0.3, -0.25) is 4.79 Å². The van der Waals surface area contributed by atoms with Gasteiger partial charge in [0.25, 0.3) is 0 Å². The zero-order valence-corrected chi connectivity index (χ0v) is 20.1. The van der Waals surface area contributed by atoms with E-state index in [9.17, 15) is 9.59 Å². The monoisotopic (exact) mass is 430 g/mol. The van der Waals surface area contributed by atoms with Crippen LogP contribution in [0.4, 0.5) is 0 Å². The fourth-order valence-electron chi connectivity index (χ4n) is 5.03. The highest BCUT2D eigenvalue weighted by Crippen LogP contribution is 2.56. The number of carbonyl (C=O) groups excluding carboxylic acids is 2. The first-order valence-corrected chi connectivity index (χ1v) is 11.4. The van der Waals surface area contributed by atoms with Crippen LogP contribution in [-0.2, 0) is 4.74 Å². The van der Waals surface area contributed by atoms with Crippen molar-refractivity contribution in [3.8, 4) is 0 Å². The number of ether oxygens (including phenoxy) is 1. The molecule has 0 spiro atoms. The first-order valence-electron chi connectivity index (χ1n) is 11.4. The summed E-state index contributed by atoms with van der Waals surface area (Å²) in [6.07, 6.45) is 2.67. The van der Waals surface area contributed by atoms with E-state index >= 15 is 0 Å². The van der Waals surface area contributed by atoms with E-state index in [0.717, 1.165) is 36.0 Å². The maximum atomic E-state index is 14.3. The van der Waals surface area contributed by atoms with Crippen LogP contribution < -0.4 is 0 Å². The minimum absolute atomic E-state index is 0.162. The minimum atomic E-state index is -1.41. The quantitative estimate of drug-likeness (QED) is 0.341. The zero-order chi connectivity index (χ0) is 23.5. The molecule has 1 aliphatic rings. The van der Waals surface area contributed by atoms with Gasteiger partial charge < -0.3 is 4.74 Å². The Bertz CT molecular complexity index is 1060. The largest absolute Gasteiger partial charge is 0.441 e. The summed E-state index contributed by atoms with van der Waals surface area (Å²) in [5.74, 6) is -0.637. The summed E-state index contributed by atoms with van der Waals surface area (Å²) in [5.41, 5.74) is 3.04. The topological polar surface area (TPSA) is 43.4 Å². The Labute approximate surface area is 192 Å². The molecule has 2 aromatic carbocycles. The van der Waals surface area contributed by atoms with E-state index in [1.807, 2.05) is 62.4 Å². The van der Waals surface area contributed by atoms with E-state index in [-0.39, 0.29) is 5.78 Å². The van der Waals surface area contributed by atoms with Gasteiger partial charge in [0, 0.05) is 11.0 Å². The van der Waals surface area contributed by atoms with Crippen LogP contribution in [0.25, 0.3) is 0 Å². The highest BCUT2D eigenvalue weighted by atomic mass is 16.6. The standard InChI is InChI=1S/C29H34O3/c1-7-8-19-28(6)22(4)20(2)21(3)23(5)29(28,26(30)24-15-11-9-12-16-24)32-27(31)25-17-13-10-14-18-25/h9-18H,7-8,19H2,1-6H3. The first kappa shape index (κ1) is 23.7. The number of benzene rings is 2. The summed E-state index contributed by atoms with van der Waals surface area (Å²) in [5, 5.41) is 0. The van der Waals surface area contributed by atoms with Gasteiger partial charge in [-0.15, -0.1) is 0 Å². The van der Waals surface area contributed by atoms with E-state index in [2.05, 4.69) is 27.7 Å². The van der Waals surface area contributed by atoms with Crippen molar-refractivity contribution in [1.82, 2.24) is 0 Å². The van der Waals surface area contributed by atoms with Gasteiger partial charge in [-0.2, -0.15) is 0 Å². The van der Waals surface area contributed by atoms with Crippen molar-refractivity contribution in [3.63, 3.8) is 0 Å². The highest BCUT2D eigenvalue weighted by Gasteiger charge is 2.61. The van der Waals surface area contributed by atoms with Gasteiger partial charge in [0.05, 0.1) is 5.56 Å². The van der Waals surface area contributed by atoms with Gasteiger partial charge in [0.1, 0.15) is 0 Å². The lowest BCUT2D eigenvalue weighted by atomic mass is 9.56.